The first-order chi connectivity index (χ1) is 6.39. The van der Waals surface area contributed by atoms with E-state index >= 15 is 0 Å². The van der Waals surface area contributed by atoms with Crippen LogP contribution in [0.3, 0.4) is 0 Å². The van der Waals surface area contributed by atoms with Gasteiger partial charge in [-0.1, -0.05) is 0 Å². The molecule has 0 aromatic carbocycles. The number of alkyl halides is 2. The summed E-state index contributed by atoms with van der Waals surface area (Å²) in [6.45, 7) is 1.33. The lowest BCUT2D eigenvalue weighted by Gasteiger charge is -2.29. The third-order valence-electron chi connectivity index (χ3n) is 1.97. The average molecular weight is 227 g/mol. The van der Waals surface area contributed by atoms with Gasteiger partial charge in [-0.15, -0.1) is 0 Å². The molecule has 6 heteroatoms. The van der Waals surface area contributed by atoms with Crippen molar-refractivity contribution >= 4 is 12.6 Å². The summed E-state index contributed by atoms with van der Waals surface area (Å²) < 4.78 is 27.1. The van der Waals surface area contributed by atoms with Crippen molar-refractivity contribution < 1.29 is 8.78 Å². The minimum absolute atomic E-state index is 0.00632. The SMILES string of the molecule is CNC[C@](F)(CS)NC[C@](C)(F)NC. The largest absolute Gasteiger partial charge is 0.315 e. The maximum Gasteiger partial charge on any atom is 0.183 e. The molecular formula is C8H19F2N3S. The van der Waals surface area contributed by atoms with Crippen LogP contribution in [0.25, 0.3) is 0 Å². The summed E-state index contributed by atoms with van der Waals surface area (Å²) in [5.74, 6) is -3.30. The molecule has 0 aliphatic heterocycles. The molecule has 3 nitrogen and oxygen atoms in total. The lowest BCUT2D eigenvalue weighted by atomic mass is 10.2. The lowest BCUT2D eigenvalue weighted by molar-refractivity contribution is 0.0839. The molecule has 0 fully saturated rings. The number of hydrogen-bond donors (Lipinski definition) is 4. The molecule has 0 unspecified atom stereocenters. The molecule has 0 aliphatic carbocycles. The van der Waals surface area contributed by atoms with Gasteiger partial charge in [0.15, 0.2) is 11.6 Å². The number of likely N-dealkylation sites (N-methyl/N-ethyl adjacent to an activating group) is 2. The molecule has 0 amide bonds. The molecule has 0 saturated carbocycles. The molecule has 2 atom stereocenters. The van der Waals surface area contributed by atoms with Crippen molar-refractivity contribution in [3.05, 3.63) is 0 Å². The third kappa shape index (κ3) is 5.09. The smallest absolute Gasteiger partial charge is 0.183 e. The van der Waals surface area contributed by atoms with Gasteiger partial charge in [-0.3, -0.25) is 10.6 Å². The first kappa shape index (κ1) is 14.1. The van der Waals surface area contributed by atoms with Gasteiger partial charge >= 0.3 is 0 Å². The number of rotatable bonds is 7. The Bertz CT molecular complexity index is 169. The molecule has 86 valence electrons. The molecule has 3 N–H and O–H groups in total. The highest BCUT2D eigenvalue weighted by molar-refractivity contribution is 7.80. The van der Waals surface area contributed by atoms with Gasteiger partial charge in [0.25, 0.3) is 0 Å². The van der Waals surface area contributed by atoms with Gasteiger partial charge < -0.3 is 5.32 Å². The first-order valence-electron chi connectivity index (χ1n) is 4.46. The minimum Gasteiger partial charge on any atom is -0.315 e. The average Bonchev–Trinajstić information content (AvgIpc) is 2.16. The van der Waals surface area contributed by atoms with Crippen LogP contribution in [-0.2, 0) is 0 Å². The molecule has 0 heterocycles. The highest BCUT2D eigenvalue weighted by atomic mass is 32.1. The topological polar surface area (TPSA) is 36.1 Å². The third-order valence-corrected chi connectivity index (χ3v) is 2.47. The summed E-state index contributed by atoms with van der Waals surface area (Å²) >= 11 is 3.87. The Labute approximate surface area is 89.4 Å². The van der Waals surface area contributed by atoms with Crippen molar-refractivity contribution in [3.63, 3.8) is 0 Å². The van der Waals surface area contributed by atoms with E-state index in [2.05, 4.69) is 28.6 Å². The predicted octanol–water partition coefficient (Wildman–Crippen LogP) is 0.296. The Morgan fingerprint density at radius 3 is 2.14 bits per heavy atom. The number of hydrogen-bond acceptors (Lipinski definition) is 4. The van der Waals surface area contributed by atoms with Crippen molar-refractivity contribution in [2.45, 2.75) is 18.5 Å². The van der Waals surface area contributed by atoms with Gasteiger partial charge in [0.1, 0.15) is 0 Å². The van der Waals surface area contributed by atoms with Crippen LogP contribution in [0.15, 0.2) is 0 Å². The number of nitrogens with one attached hydrogen (secondary N) is 3. The maximum absolute atomic E-state index is 13.7. The summed E-state index contributed by atoms with van der Waals surface area (Å²) in [6.07, 6.45) is 0. The van der Waals surface area contributed by atoms with Crippen molar-refractivity contribution in [1.29, 1.82) is 0 Å². The molecule has 0 aromatic heterocycles. The Hall–Kier alpha value is 0.0900. The molecule has 0 saturated heterocycles. The summed E-state index contributed by atoms with van der Waals surface area (Å²) in [7, 11) is 3.12. The highest BCUT2D eigenvalue weighted by Gasteiger charge is 2.30. The Morgan fingerprint density at radius 2 is 1.79 bits per heavy atom. The fourth-order valence-electron chi connectivity index (χ4n) is 0.867. The van der Waals surface area contributed by atoms with Gasteiger partial charge in [-0.25, -0.2) is 8.78 Å². The zero-order valence-corrected chi connectivity index (χ0v) is 9.72. The molecule has 0 aliphatic rings. The monoisotopic (exact) mass is 227 g/mol. The molecule has 0 rings (SSSR count). The van der Waals surface area contributed by atoms with E-state index in [1.807, 2.05) is 0 Å². The molecule has 0 radical (unpaired) electrons. The highest BCUT2D eigenvalue weighted by Crippen LogP contribution is 2.10. The molecule has 0 spiro atoms. The van der Waals surface area contributed by atoms with Gasteiger partial charge in [-0.2, -0.15) is 12.6 Å². The normalized spacial score (nSPS) is 20.1. The van der Waals surface area contributed by atoms with E-state index in [0.717, 1.165) is 0 Å². The van der Waals surface area contributed by atoms with E-state index in [1.54, 1.807) is 7.05 Å². The predicted molar refractivity (Wildman–Crippen MR) is 58.2 cm³/mol. The molecule has 0 aromatic rings. The summed E-state index contributed by atoms with van der Waals surface area (Å²) in [5, 5.41) is 7.62. The zero-order chi connectivity index (χ0) is 11.2. The van der Waals surface area contributed by atoms with Gasteiger partial charge in [0, 0.05) is 18.8 Å². The fourth-order valence-corrected chi connectivity index (χ4v) is 1.09. The van der Waals surface area contributed by atoms with Gasteiger partial charge in [0.05, 0.1) is 0 Å². The van der Waals surface area contributed by atoms with E-state index in [1.165, 1.54) is 14.0 Å². The molecule has 14 heavy (non-hydrogen) atoms. The van der Waals surface area contributed by atoms with E-state index in [-0.39, 0.29) is 18.8 Å². The standard InChI is InChI=1S/C8H19F2N3S/c1-7(9,12-3)4-13-8(10,6-14)5-11-2/h11-14H,4-6H2,1-3H3/t7-,8-/m1/s1. The second-order valence-electron chi connectivity index (χ2n) is 3.45. The van der Waals surface area contributed by atoms with E-state index in [0.29, 0.717) is 0 Å². The quantitative estimate of drug-likeness (QED) is 0.373. The van der Waals surface area contributed by atoms with Crippen LogP contribution in [0.4, 0.5) is 8.78 Å². The van der Waals surface area contributed by atoms with E-state index < -0.39 is 11.6 Å². The van der Waals surface area contributed by atoms with Crippen LogP contribution >= 0.6 is 12.6 Å². The molecular weight excluding hydrogens is 208 g/mol. The van der Waals surface area contributed by atoms with Crippen LogP contribution in [0.2, 0.25) is 0 Å². The zero-order valence-electron chi connectivity index (χ0n) is 8.82. The first-order valence-corrected chi connectivity index (χ1v) is 5.09. The lowest BCUT2D eigenvalue weighted by Crippen LogP contribution is -2.56. The van der Waals surface area contributed by atoms with Gasteiger partial charge in [-0.05, 0) is 21.0 Å². The van der Waals surface area contributed by atoms with Crippen molar-refractivity contribution in [2.75, 3.05) is 32.9 Å². The van der Waals surface area contributed by atoms with E-state index in [4.69, 9.17) is 0 Å². The molecule has 0 bridgehead atoms. The van der Waals surface area contributed by atoms with Crippen molar-refractivity contribution in [1.82, 2.24) is 16.0 Å². The van der Waals surface area contributed by atoms with Crippen LogP contribution in [-0.4, -0.2) is 44.5 Å². The second kappa shape index (κ2) is 5.85. The van der Waals surface area contributed by atoms with Crippen LogP contribution in [0.1, 0.15) is 6.92 Å². The maximum atomic E-state index is 13.7. The Kier molecular flexibility index (Phi) is 5.88. The van der Waals surface area contributed by atoms with E-state index in [9.17, 15) is 8.78 Å². The number of thiol groups is 1. The Balaban J connectivity index is 4.06. The van der Waals surface area contributed by atoms with Crippen LogP contribution in [0.5, 0.6) is 0 Å². The summed E-state index contributed by atoms with van der Waals surface area (Å²) in [4.78, 5) is 0. The van der Waals surface area contributed by atoms with Crippen molar-refractivity contribution in [3.8, 4) is 0 Å². The summed E-state index contributed by atoms with van der Waals surface area (Å²) in [6, 6.07) is 0. The van der Waals surface area contributed by atoms with Gasteiger partial charge in [0.2, 0.25) is 0 Å². The second-order valence-corrected chi connectivity index (χ2v) is 3.77. The van der Waals surface area contributed by atoms with Crippen molar-refractivity contribution in [2.24, 2.45) is 0 Å². The fraction of sp³-hybridized carbons (Fsp3) is 1.00. The minimum atomic E-state index is -1.68. The van der Waals surface area contributed by atoms with Crippen LogP contribution < -0.4 is 16.0 Å². The summed E-state index contributed by atoms with van der Waals surface area (Å²) in [5.41, 5.74) is 0. The Morgan fingerprint density at radius 1 is 1.21 bits per heavy atom. The van der Waals surface area contributed by atoms with Crippen LogP contribution in [0, 0.1) is 0 Å². The number of halogens is 2.